The van der Waals surface area contributed by atoms with E-state index in [1.807, 2.05) is 0 Å². The number of carbonyl (C=O) groups excluding carboxylic acids is 2. The predicted molar refractivity (Wildman–Crippen MR) is 92.8 cm³/mol. The summed E-state index contributed by atoms with van der Waals surface area (Å²) in [5, 5.41) is 2.82. The molecule has 1 saturated heterocycles. The molecule has 7 heteroatoms. The number of halogens is 1. The molecule has 0 spiro atoms. The zero-order valence-corrected chi connectivity index (χ0v) is 14.0. The van der Waals surface area contributed by atoms with Crippen molar-refractivity contribution >= 4 is 11.8 Å². The molecule has 1 aromatic carbocycles. The van der Waals surface area contributed by atoms with Crippen LogP contribution in [0.2, 0.25) is 0 Å². The highest BCUT2D eigenvalue weighted by molar-refractivity contribution is 5.90. The number of rotatable bonds is 6. The zero-order chi connectivity index (χ0) is 18.5. The monoisotopic (exact) mass is 355 g/mol. The minimum atomic E-state index is -0.475. The highest BCUT2D eigenvalue weighted by Crippen LogP contribution is 2.23. The summed E-state index contributed by atoms with van der Waals surface area (Å²) in [6.45, 7) is 4.51. The fourth-order valence-corrected chi connectivity index (χ4v) is 2.54. The van der Waals surface area contributed by atoms with Crippen LogP contribution in [0.15, 0.2) is 55.3 Å². The van der Waals surface area contributed by atoms with Crippen molar-refractivity contribution in [2.75, 3.05) is 13.1 Å². The SMILES string of the molecule is C=CC(=O)N1CC(C(=O)NCc2ccnc(Oc3ccccc3F)c2)C1. The molecule has 2 heterocycles. The van der Waals surface area contributed by atoms with Gasteiger partial charge in [-0.2, -0.15) is 0 Å². The fraction of sp³-hybridized carbons (Fsp3) is 0.211. The van der Waals surface area contributed by atoms with Crippen LogP contribution in [0.1, 0.15) is 5.56 Å². The van der Waals surface area contributed by atoms with Gasteiger partial charge in [-0.3, -0.25) is 9.59 Å². The van der Waals surface area contributed by atoms with Gasteiger partial charge >= 0.3 is 0 Å². The largest absolute Gasteiger partial charge is 0.436 e. The number of hydrogen-bond acceptors (Lipinski definition) is 4. The number of aromatic nitrogens is 1. The minimum absolute atomic E-state index is 0.0858. The van der Waals surface area contributed by atoms with E-state index in [0.29, 0.717) is 19.6 Å². The molecule has 2 amide bonds. The van der Waals surface area contributed by atoms with E-state index >= 15 is 0 Å². The first kappa shape index (κ1) is 17.6. The molecule has 1 fully saturated rings. The van der Waals surface area contributed by atoms with E-state index in [1.165, 1.54) is 24.4 Å². The van der Waals surface area contributed by atoms with Gasteiger partial charge < -0.3 is 15.0 Å². The Balaban J connectivity index is 1.53. The molecule has 134 valence electrons. The summed E-state index contributed by atoms with van der Waals surface area (Å²) in [6, 6.07) is 9.44. The molecular weight excluding hydrogens is 337 g/mol. The maximum atomic E-state index is 13.6. The Labute approximate surface area is 150 Å². The van der Waals surface area contributed by atoms with Crippen LogP contribution in [-0.2, 0) is 16.1 Å². The Kier molecular flexibility index (Phi) is 5.26. The quantitative estimate of drug-likeness (QED) is 0.807. The fourth-order valence-electron chi connectivity index (χ4n) is 2.54. The van der Waals surface area contributed by atoms with Gasteiger partial charge in [-0.05, 0) is 29.8 Å². The van der Waals surface area contributed by atoms with Crippen LogP contribution in [0.25, 0.3) is 0 Å². The van der Waals surface area contributed by atoms with Gasteiger partial charge in [0.15, 0.2) is 11.6 Å². The lowest BCUT2D eigenvalue weighted by molar-refractivity contribution is -0.139. The normalized spacial score (nSPS) is 13.7. The van der Waals surface area contributed by atoms with E-state index in [0.717, 1.165) is 5.56 Å². The highest BCUT2D eigenvalue weighted by Gasteiger charge is 2.34. The summed E-state index contributed by atoms with van der Waals surface area (Å²) >= 11 is 0. The van der Waals surface area contributed by atoms with Gasteiger partial charge in [0.2, 0.25) is 17.7 Å². The number of likely N-dealkylation sites (tertiary alicyclic amines) is 1. The molecule has 26 heavy (non-hydrogen) atoms. The van der Waals surface area contributed by atoms with E-state index in [9.17, 15) is 14.0 Å². The second-order valence-electron chi connectivity index (χ2n) is 5.90. The number of ether oxygens (including phenoxy) is 1. The summed E-state index contributed by atoms with van der Waals surface area (Å²) in [7, 11) is 0. The number of hydrogen-bond donors (Lipinski definition) is 1. The van der Waals surface area contributed by atoms with Crippen LogP contribution >= 0.6 is 0 Å². The molecule has 0 atom stereocenters. The standard InChI is InChI=1S/C19H18FN3O3/c1-2-18(24)23-11-14(12-23)19(25)22-10-13-7-8-21-17(9-13)26-16-6-4-3-5-15(16)20/h2-9,14H,1,10-12H2,(H,22,25). The zero-order valence-electron chi connectivity index (χ0n) is 14.0. The number of nitrogens with zero attached hydrogens (tertiary/aromatic N) is 2. The topological polar surface area (TPSA) is 71.5 Å². The molecule has 1 aromatic heterocycles. The summed E-state index contributed by atoms with van der Waals surface area (Å²) in [4.78, 5) is 29.1. The van der Waals surface area contributed by atoms with E-state index in [2.05, 4.69) is 16.9 Å². The smallest absolute Gasteiger partial charge is 0.246 e. The van der Waals surface area contributed by atoms with Crippen LogP contribution in [0, 0.1) is 11.7 Å². The lowest BCUT2D eigenvalue weighted by Gasteiger charge is -2.37. The number of pyridine rings is 1. The molecule has 1 aliphatic rings. The van der Waals surface area contributed by atoms with Crippen molar-refractivity contribution in [1.82, 2.24) is 15.2 Å². The first-order valence-electron chi connectivity index (χ1n) is 8.13. The molecule has 0 saturated carbocycles. The van der Waals surface area contributed by atoms with Gasteiger partial charge in [0.05, 0.1) is 5.92 Å². The van der Waals surface area contributed by atoms with Crippen LogP contribution in [0.4, 0.5) is 4.39 Å². The van der Waals surface area contributed by atoms with Crippen molar-refractivity contribution in [3.63, 3.8) is 0 Å². The first-order valence-corrected chi connectivity index (χ1v) is 8.13. The minimum Gasteiger partial charge on any atom is -0.436 e. The molecule has 0 radical (unpaired) electrons. The third kappa shape index (κ3) is 4.05. The molecule has 1 aliphatic heterocycles. The second kappa shape index (κ2) is 7.77. The molecule has 0 bridgehead atoms. The average Bonchev–Trinajstić information content (AvgIpc) is 2.61. The Hall–Kier alpha value is -3.22. The third-order valence-corrected chi connectivity index (χ3v) is 4.06. The Morgan fingerprint density at radius 2 is 2.12 bits per heavy atom. The van der Waals surface area contributed by atoms with Gasteiger partial charge in [0, 0.05) is 31.9 Å². The lowest BCUT2D eigenvalue weighted by atomic mass is 9.99. The predicted octanol–water partition coefficient (Wildman–Crippen LogP) is 2.27. The molecule has 6 nitrogen and oxygen atoms in total. The first-order chi connectivity index (χ1) is 12.6. The van der Waals surface area contributed by atoms with E-state index in [4.69, 9.17) is 4.74 Å². The third-order valence-electron chi connectivity index (χ3n) is 4.06. The Bertz CT molecular complexity index is 834. The number of amides is 2. The second-order valence-corrected chi connectivity index (χ2v) is 5.90. The number of carbonyl (C=O) groups is 2. The number of benzene rings is 1. The van der Waals surface area contributed by atoms with Gasteiger partial charge in [-0.15, -0.1) is 0 Å². The van der Waals surface area contributed by atoms with Gasteiger partial charge in [0.25, 0.3) is 0 Å². The van der Waals surface area contributed by atoms with Crippen molar-refractivity contribution in [2.45, 2.75) is 6.54 Å². The number of para-hydroxylation sites is 1. The van der Waals surface area contributed by atoms with Gasteiger partial charge in [-0.25, -0.2) is 9.37 Å². The lowest BCUT2D eigenvalue weighted by Crippen LogP contribution is -2.55. The molecule has 2 aromatic rings. The average molecular weight is 355 g/mol. The van der Waals surface area contributed by atoms with Crippen molar-refractivity contribution < 1.29 is 18.7 Å². The van der Waals surface area contributed by atoms with Crippen molar-refractivity contribution in [2.24, 2.45) is 5.92 Å². The van der Waals surface area contributed by atoms with Crippen molar-refractivity contribution in [3.8, 4) is 11.6 Å². The summed E-state index contributed by atoms with van der Waals surface area (Å²) in [6.07, 6.45) is 2.77. The Morgan fingerprint density at radius 1 is 1.35 bits per heavy atom. The molecular formula is C19H18FN3O3. The van der Waals surface area contributed by atoms with Gasteiger partial charge in [0.1, 0.15) is 0 Å². The molecule has 0 unspecified atom stereocenters. The molecule has 0 aliphatic carbocycles. The van der Waals surface area contributed by atoms with Crippen LogP contribution in [-0.4, -0.2) is 34.8 Å². The van der Waals surface area contributed by atoms with Crippen LogP contribution in [0.3, 0.4) is 0 Å². The maximum Gasteiger partial charge on any atom is 0.246 e. The van der Waals surface area contributed by atoms with E-state index < -0.39 is 5.82 Å². The maximum absolute atomic E-state index is 13.6. The van der Waals surface area contributed by atoms with Crippen molar-refractivity contribution in [1.29, 1.82) is 0 Å². The number of nitrogens with one attached hydrogen (secondary N) is 1. The van der Waals surface area contributed by atoms with Crippen molar-refractivity contribution in [3.05, 3.63) is 66.6 Å². The van der Waals surface area contributed by atoms with E-state index in [1.54, 1.807) is 29.2 Å². The van der Waals surface area contributed by atoms with Gasteiger partial charge in [-0.1, -0.05) is 18.7 Å². The summed E-state index contributed by atoms with van der Waals surface area (Å²) in [5.74, 6) is -0.646. The Morgan fingerprint density at radius 3 is 2.85 bits per heavy atom. The summed E-state index contributed by atoms with van der Waals surface area (Å²) in [5.41, 5.74) is 0.776. The summed E-state index contributed by atoms with van der Waals surface area (Å²) < 4.78 is 19.1. The molecule has 3 rings (SSSR count). The highest BCUT2D eigenvalue weighted by atomic mass is 19.1. The van der Waals surface area contributed by atoms with E-state index in [-0.39, 0.29) is 29.4 Å². The van der Waals surface area contributed by atoms with Crippen LogP contribution < -0.4 is 10.1 Å². The van der Waals surface area contributed by atoms with Crippen LogP contribution in [0.5, 0.6) is 11.6 Å². The molecule has 1 N–H and O–H groups in total.